The van der Waals surface area contributed by atoms with Gasteiger partial charge >= 0.3 is 11.6 Å². The third-order valence-electron chi connectivity index (χ3n) is 5.12. The van der Waals surface area contributed by atoms with Gasteiger partial charge in [0.05, 0.1) is 5.60 Å². The zero-order chi connectivity index (χ0) is 19.4. The van der Waals surface area contributed by atoms with Crippen molar-refractivity contribution in [3.8, 4) is 11.5 Å². The van der Waals surface area contributed by atoms with Crippen molar-refractivity contribution in [2.75, 3.05) is 6.61 Å². The topological polar surface area (TPSA) is 119 Å². The van der Waals surface area contributed by atoms with Gasteiger partial charge in [0.25, 0.3) is 0 Å². The molecular weight excluding hydrogens is 356 g/mol. The van der Waals surface area contributed by atoms with Crippen LogP contribution in [0.15, 0.2) is 33.5 Å². The predicted octanol–water partition coefficient (Wildman–Crippen LogP) is 1.49. The van der Waals surface area contributed by atoms with Crippen molar-refractivity contribution >= 4 is 16.9 Å². The maximum atomic E-state index is 11.6. The molecule has 0 bridgehead atoms. The van der Waals surface area contributed by atoms with Crippen molar-refractivity contribution in [3.05, 3.63) is 34.7 Å². The molecule has 2 saturated heterocycles. The number of hydrogen-bond donors (Lipinski definition) is 2. The lowest BCUT2D eigenvalue weighted by Crippen LogP contribution is -2.29. The number of esters is 1. The summed E-state index contributed by atoms with van der Waals surface area (Å²) in [5.41, 5.74) is -2.48. The van der Waals surface area contributed by atoms with Crippen molar-refractivity contribution < 1.29 is 33.6 Å². The normalized spacial score (nSPS) is 32.5. The molecule has 2 aromatic rings. The van der Waals surface area contributed by atoms with Gasteiger partial charge in [0, 0.05) is 24.3 Å². The molecule has 4 atom stereocenters. The Morgan fingerprint density at radius 1 is 1.22 bits per heavy atom. The maximum absolute atomic E-state index is 11.6. The summed E-state index contributed by atoms with van der Waals surface area (Å²) < 4.78 is 21.5. The molecule has 144 valence electrons. The van der Waals surface area contributed by atoms with Crippen molar-refractivity contribution in [1.82, 2.24) is 0 Å². The molecule has 0 saturated carbocycles. The molecule has 8 heteroatoms. The minimum absolute atomic E-state index is 0.0691. The first-order chi connectivity index (χ1) is 12.7. The van der Waals surface area contributed by atoms with Gasteiger partial charge in [0.15, 0.2) is 16.9 Å². The van der Waals surface area contributed by atoms with Crippen LogP contribution in [0.4, 0.5) is 0 Å². The van der Waals surface area contributed by atoms with Crippen molar-refractivity contribution in [1.29, 1.82) is 0 Å². The van der Waals surface area contributed by atoms with Gasteiger partial charge in [0.2, 0.25) is 5.75 Å². The van der Waals surface area contributed by atoms with E-state index in [1.54, 1.807) is 18.2 Å². The number of epoxide rings is 1. The van der Waals surface area contributed by atoms with E-state index in [0.29, 0.717) is 11.8 Å². The molecular formula is C19H20O8. The molecule has 2 aliphatic rings. The molecule has 4 rings (SSSR count). The van der Waals surface area contributed by atoms with E-state index in [-0.39, 0.29) is 36.2 Å². The lowest BCUT2D eigenvalue weighted by molar-refractivity contribution is -0.153. The molecule has 1 aromatic heterocycles. The molecule has 0 radical (unpaired) electrons. The van der Waals surface area contributed by atoms with Gasteiger partial charge in [-0.05, 0) is 32.0 Å². The number of ether oxygens (including phenoxy) is 3. The Bertz CT molecular complexity index is 962. The van der Waals surface area contributed by atoms with Gasteiger partial charge in [0.1, 0.15) is 18.8 Å². The third kappa shape index (κ3) is 3.26. The van der Waals surface area contributed by atoms with E-state index in [1.165, 1.54) is 13.0 Å². The fourth-order valence-corrected chi connectivity index (χ4v) is 3.47. The van der Waals surface area contributed by atoms with E-state index >= 15 is 0 Å². The molecule has 1 aromatic carbocycles. The number of carbonyl (C=O) groups excluding carboxylic acids is 1. The number of aromatic hydroxyl groups is 1. The van der Waals surface area contributed by atoms with Gasteiger partial charge in [-0.2, -0.15) is 0 Å². The van der Waals surface area contributed by atoms with Gasteiger partial charge < -0.3 is 28.8 Å². The summed E-state index contributed by atoms with van der Waals surface area (Å²) in [7, 11) is 0. The van der Waals surface area contributed by atoms with E-state index < -0.39 is 28.9 Å². The first-order valence-electron chi connectivity index (χ1n) is 8.68. The molecule has 27 heavy (non-hydrogen) atoms. The molecule has 0 spiro atoms. The molecule has 4 unspecified atom stereocenters. The van der Waals surface area contributed by atoms with Crippen LogP contribution in [0.3, 0.4) is 0 Å². The monoisotopic (exact) mass is 376 g/mol. The smallest absolute Gasteiger partial charge is 0.338 e. The third-order valence-corrected chi connectivity index (χ3v) is 5.12. The minimum atomic E-state index is -1.46. The number of aliphatic hydroxyl groups is 1. The molecule has 2 N–H and O–H groups in total. The summed E-state index contributed by atoms with van der Waals surface area (Å²) in [6.45, 7) is 3.48. The zero-order valence-electron chi connectivity index (χ0n) is 14.9. The highest BCUT2D eigenvalue weighted by Crippen LogP contribution is 2.44. The molecule has 0 aliphatic carbocycles. The zero-order valence-corrected chi connectivity index (χ0v) is 14.9. The Labute approximate surface area is 154 Å². The summed E-state index contributed by atoms with van der Waals surface area (Å²) in [4.78, 5) is 22.9. The summed E-state index contributed by atoms with van der Waals surface area (Å²) in [5.74, 6) is -0.676. The van der Waals surface area contributed by atoms with Gasteiger partial charge in [-0.3, -0.25) is 0 Å². The number of cyclic esters (lactones) is 1. The fraction of sp³-hybridized carbons (Fsp3) is 0.474. The van der Waals surface area contributed by atoms with Crippen LogP contribution in [-0.4, -0.2) is 46.2 Å². The minimum Gasteiger partial charge on any atom is -0.502 e. The Morgan fingerprint density at radius 2 is 1.96 bits per heavy atom. The SMILES string of the molecule is CC1(O)CC(CC2(C)OC2COc2ccc3ccc(=O)oc3c2O)OC1=O. The van der Waals surface area contributed by atoms with Crippen LogP contribution < -0.4 is 10.4 Å². The lowest BCUT2D eigenvalue weighted by Gasteiger charge is -2.13. The summed E-state index contributed by atoms with van der Waals surface area (Å²) in [6, 6.07) is 6.11. The average Bonchev–Trinajstić information content (AvgIpc) is 3.15. The van der Waals surface area contributed by atoms with Gasteiger partial charge in [-0.15, -0.1) is 0 Å². The standard InChI is InChI=1S/C19H20O8/c1-18(23)7-11(25-17(18)22)8-19(2)13(27-19)9-24-12-5-3-10-4-6-14(20)26-16(10)15(12)21/h3-6,11,13,21,23H,7-9H2,1-2H3. The maximum Gasteiger partial charge on any atom is 0.338 e. The highest BCUT2D eigenvalue weighted by Gasteiger charge is 2.56. The highest BCUT2D eigenvalue weighted by molar-refractivity contribution is 5.84. The Morgan fingerprint density at radius 3 is 2.67 bits per heavy atom. The number of rotatable bonds is 5. The van der Waals surface area contributed by atoms with Crippen molar-refractivity contribution in [3.63, 3.8) is 0 Å². The summed E-state index contributed by atoms with van der Waals surface area (Å²) in [5, 5.41) is 20.8. The first kappa shape index (κ1) is 17.8. The van der Waals surface area contributed by atoms with Gasteiger partial charge in [-0.25, -0.2) is 9.59 Å². The molecule has 0 amide bonds. The van der Waals surface area contributed by atoms with Crippen molar-refractivity contribution in [2.45, 2.75) is 50.1 Å². The second kappa shape index (κ2) is 5.97. The Kier molecular flexibility index (Phi) is 3.94. The Balaban J connectivity index is 1.39. The van der Waals surface area contributed by atoms with E-state index in [9.17, 15) is 19.8 Å². The number of fused-ring (bicyclic) bond motifs is 1. The van der Waals surface area contributed by atoms with E-state index in [2.05, 4.69) is 0 Å². The largest absolute Gasteiger partial charge is 0.502 e. The highest BCUT2D eigenvalue weighted by atomic mass is 16.6. The summed E-state index contributed by atoms with van der Waals surface area (Å²) in [6.07, 6.45) is 0.00939. The summed E-state index contributed by atoms with van der Waals surface area (Å²) >= 11 is 0. The molecule has 2 aliphatic heterocycles. The van der Waals surface area contributed by atoms with Crippen LogP contribution >= 0.6 is 0 Å². The molecule has 2 fully saturated rings. The van der Waals surface area contributed by atoms with Crippen LogP contribution in [0.2, 0.25) is 0 Å². The number of hydrogen-bond acceptors (Lipinski definition) is 8. The average molecular weight is 376 g/mol. The van der Waals surface area contributed by atoms with Crippen LogP contribution in [0.5, 0.6) is 11.5 Å². The van der Waals surface area contributed by atoms with E-state index in [1.807, 2.05) is 6.92 Å². The second-order valence-corrected chi connectivity index (χ2v) is 7.52. The number of carbonyl (C=O) groups is 1. The Hall–Kier alpha value is -2.58. The number of benzene rings is 1. The van der Waals surface area contributed by atoms with Crippen LogP contribution in [-0.2, 0) is 14.3 Å². The second-order valence-electron chi connectivity index (χ2n) is 7.52. The predicted molar refractivity (Wildman–Crippen MR) is 92.7 cm³/mol. The van der Waals surface area contributed by atoms with E-state index in [4.69, 9.17) is 18.6 Å². The quantitative estimate of drug-likeness (QED) is 0.458. The van der Waals surface area contributed by atoms with Crippen LogP contribution in [0.1, 0.15) is 26.7 Å². The number of phenolic OH excluding ortho intramolecular Hbond substituents is 1. The lowest BCUT2D eigenvalue weighted by atomic mass is 9.94. The van der Waals surface area contributed by atoms with Gasteiger partial charge in [-0.1, -0.05) is 0 Å². The van der Waals surface area contributed by atoms with Crippen LogP contribution in [0.25, 0.3) is 11.0 Å². The van der Waals surface area contributed by atoms with Crippen LogP contribution in [0, 0.1) is 0 Å². The molecule has 8 nitrogen and oxygen atoms in total. The molecule has 3 heterocycles. The number of phenols is 1. The first-order valence-corrected chi connectivity index (χ1v) is 8.68. The van der Waals surface area contributed by atoms with E-state index in [0.717, 1.165) is 0 Å². The fourth-order valence-electron chi connectivity index (χ4n) is 3.47. The van der Waals surface area contributed by atoms with Crippen molar-refractivity contribution in [2.24, 2.45) is 0 Å².